The largest absolute Gasteiger partial charge is 0.464 e. The van der Waals surface area contributed by atoms with Crippen molar-refractivity contribution in [3.05, 3.63) is 11.4 Å². The molecule has 1 aromatic rings. The van der Waals surface area contributed by atoms with Gasteiger partial charge in [0.15, 0.2) is 5.69 Å². The van der Waals surface area contributed by atoms with Gasteiger partial charge in [-0.2, -0.15) is 0 Å². The van der Waals surface area contributed by atoms with E-state index in [1.807, 2.05) is 0 Å². The number of esters is 1. The van der Waals surface area contributed by atoms with E-state index in [9.17, 15) is 9.59 Å². The van der Waals surface area contributed by atoms with Gasteiger partial charge in [0, 0.05) is 12.8 Å². The van der Waals surface area contributed by atoms with Gasteiger partial charge in [-0.15, -0.1) is 5.10 Å². The summed E-state index contributed by atoms with van der Waals surface area (Å²) in [6.07, 6.45) is 0.553. The lowest BCUT2D eigenvalue weighted by Gasteiger charge is -2.04. The first kappa shape index (κ1) is 13.1. The predicted molar refractivity (Wildman–Crippen MR) is 57.9 cm³/mol. The molecule has 0 aliphatic heterocycles. The fourth-order valence-electron chi connectivity index (χ4n) is 1.37. The molecule has 0 spiro atoms. The van der Waals surface area contributed by atoms with E-state index < -0.39 is 11.9 Å². The molecule has 94 valence electrons. The van der Waals surface area contributed by atoms with Crippen LogP contribution in [0.1, 0.15) is 22.6 Å². The van der Waals surface area contributed by atoms with Gasteiger partial charge < -0.3 is 16.2 Å². The Hall–Kier alpha value is -1.96. The van der Waals surface area contributed by atoms with Crippen LogP contribution in [0.4, 0.5) is 0 Å². The molecule has 0 saturated heterocycles. The lowest BCUT2D eigenvalue weighted by Crippen LogP contribution is -2.18. The second-order valence-corrected chi connectivity index (χ2v) is 3.35. The van der Waals surface area contributed by atoms with Crippen molar-refractivity contribution >= 4 is 11.9 Å². The molecule has 0 aliphatic carbocycles. The monoisotopic (exact) mass is 241 g/mol. The van der Waals surface area contributed by atoms with Crippen LogP contribution in [0, 0.1) is 0 Å². The van der Waals surface area contributed by atoms with Crippen molar-refractivity contribution in [1.29, 1.82) is 0 Å². The molecule has 8 nitrogen and oxygen atoms in total. The van der Waals surface area contributed by atoms with Crippen LogP contribution in [0.15, 0.2) is 0 Å². The number of amides is 1. The minimum atomic E-state index is -0.571. The van der Waals surface area contributed by atoms with Gasteiger partial charge in [0.25, 0.3) is 0 Å². The lowest BCUT2D eigenvalue weighted by molar-refractivity contribution is -0.118. The van der Waals surface area contributed by atoms with E-state index in [1.165, 1.54) is 11.8 Å². The molecule has 0 bridgehead atoms. The third-order valence-electron chi connectivity index (χ3n) is 2.17. The SMILES string of the molecule is COC(=O)c1nnn(CCC(N)=O)c1CCN. The zero-order valence-corrected chi connectivity index (χ0v) is 9.55. The van der Waals surface area contributed by atoms with Crippen molar-refractivity contribution < 1.29 is 14.3 Å². The zero-order chi connectivity index (χ0) is 12.8. The summed E-state index contributed by atoms with van der Waals surface area (Å²) in [4.78, 5) is 22.1. The highest BCUT2D eigenvalue weighted by Crippen LogP contribution is 2.08. The molecule has 0 unspecified atom stereocenters. The minimum absolute atomic E-state index is 0.127. The van der Waals surface area contributed by atoms with Crippen molar-refractivity contribution in [1.82, 2.24) is 15.0 Å². The van der Waals surface area contributed by atoms with E-state index in [-0.39, 0.29) is 18.7 Å². The van der Waals surface area contributed by atoms with Crippen molar-refractivity contribution in [2.24, 2.45) is 11.5 Å². The first-order chi connectivity index (χ1) is 8.10. The number of hydrogen-bond donors (Lipinski definition) is 2. The quantitative estimate of drug-likeness (QED) is 0.580. The maximum absolute atomic E-state index is 11.4. The Balaban J connectivity index is 2.93. The Kier molecular flexibility index (Phi) is 4.58. The highest BCUT2D eigenvalue weighted by molar-refractivity contribution is 5.88. The van der Waals surface area contributed by atoms with E-state index in [4.69, 9.17) is 11.5 Å². The molecule has 1 rings (SSSR count). The Morgan fingerprint density at radius 3 is 2.71 bits per heavy atom. The van der Waals surface area contributed by atoms with E-state index in [2.05, 4.69) is 15.0 Å². The molecule has 17 heavy (non-hydrogen) atoms. The molecule has 0 aliphatic rings. The Labute approximate surface area is 97.9 Å². The second kappa shape index (κ2) is 5.94. The van der Waals surface area contributed by atoms with E-state index >= 15 is 0 Å². The number of nitrogens with two attached hydrogens (primary N) is 2. The number of primary amides is 1. The van der Waals surface area contributed by atoms with Crippen LogP contribution in [0.3, 0.4) is 0 Å². The highest BCUT2D eigenvalue weighted by Gasteiger charge is 2.19. The average Bonchev–Trinajstić information content (AvgIpc) is 2.69. The summed E-state index contributed by atoms with van der Waals surface area (Å²) in [5, 5.41) is 7.49. The molecule has 1 heterocycles. The van der Waals surface area contributed by atoms with Gasteiger partial charge in [-0.1, -0.05) is 5.21 Å². The predicted octanol–water partition coefficient (Wildman–Crippen LogP) is -1.56. The van der Waals surface area contributed by atoms with Crippen LogP contribution in [-0.4, -0.2) is 40.5 Å². The normalized spacial score (nSPS) is 10.2. The standard InChI is InChI=1S/C9H15N5O3/c1-17-9(16)8-6(2-4-10)14(13-12-8)5-3-7(11)15/h2-5,10H2,1H3,(H2,11,15). The number of aromatic nitrogens is 3. The van der Waals surface area contributed by atoms with Crippen LogP contribution < -0.4 is 11.5 Å². The molecule has 4 N–H and O–H groups in total. The summed E-state index contributed by atoms with van der Waals surface area (Å²) in [5.41, 5.74) is 11.2. The van der Waals surface area contributed by atoms with Crippen molar-refractivity contribution in [2.75, 3.05) is 13.7 Å². The van der Waals surface area contributed by atoms with Crippen molar-refractivity contribution in [2.45, 2.75) is 19.4 Å². The Morgan fingerprint density at radius 2 is 2.18 bits per heavy atom. The molecule has 0 saturated carbocycles. The lowest BCUT2D eigenvalue weighted by atomic mass is 10.2. The van der Waals surface area contributed by atoms with Gasteiger partial charge in [0.2, 0.25) is 5.91 Å². The number of rotatable bonds is 6. The van der Waals surface area contributed by atoms with Crippen LogP contribution in [-0.2, 0) is 22.5 Å². The van der Waals surface area contributed by atoms with Gasteiger partial charge in [0.05, 0.1) is 19.3 Å². The number of methoxy groups -OCH3 is 1. The van der Waals surface area contributed by atoms with Crippen LogP contribution in [0.5, 0.6) is 0 Å². The van der Waals surface area contributed by atoms with E-state index in [0.717, 1.165) is 0 Å². The summed E-state index contributed by atoms with van der Waals surface area (Å²) < 4.78 is 6.02. The van der Waals surface area contributed by atoms with Gasteiger partial charge >= 0.3 is 5.97 Å². The molecular formula is C9H15N5O3. The van der Waals surface area contributed by atoms with Gasteiger partial charge in [0.1, 0.15) is 0 Å². The van der Waals surface area contributed by atoms with Gasteiger partial charge in [-0.05, 0) is 6.54 Å². The molecule has 0 aromatic carbocycles. The number of aryl methyl sites for hydroxylation is 1. The summed E-state index contributed by atoms with van der Waals surface area (Å²) in [6.45, 7) is 0.614. The second-order valence-electron chi connectivity index (χ2n) is 3.35. The summed E-state index contributed by atoms with van der Waals surface area (Å²) in [7, 11) is 1.26. The number of carbonyl (C=O) groups is 2. The Morgan fingerprint density at radius 1 is 1.47 bits per heavy atom. The molecular weight excluding hydrogens is 226 g/mol. The topological polar surface area (TPSA) is 126 Å². The summed E-state index contributed by atoms with van der Waals surface area (Å²) in [6, 6.07) is 0. The number of carbonyl (C=O) groups excluding carboxylic acids is 2. The first-order valence-corrected chi connectivity index (χ1v) is 5.09. The highest BCUT2D eigenvalue weighted by atomic mass is 16.5. The molecule has 1 aromatic heterocycles. The number of hydrogen-bond acceptors (Lipinski definition) is 6. The van der Waals surface area contributed by atoms with Crippen molar-refractivity contribution in [3.8, 4) is 0 Å². The maximum Gasteiger partial charge on any atom is 0.360 e. The summed E-state index contributed by atoms with van der Waals surface area (Å²) >= 11 is 0. The fraction of sp³-hybridized carbons (Fsp3) is 0.556. The fourth-order valence-corrected chi connectivity index (χ4v) is 1.37. The molecule has 1 amide bonds. The van der Waals surface area contributed by atoms with Gasteiger partial charge in [-0.3, -0.25) is 4.79 Å². The zero-order valence-electron chi connectivity index (χ0n) is 9.55. The summed E-state index contributed by atoms with van der Waals surface area (Å²) in [5.74, 6) is -1.02. The minimum Gasteiger partial charge on any atom is -0.464 e. The van der Waals surface area contributed by atoms with Gasteiger partial charge in [-0.25, -0.2) is 9.48 Å². The third-order valence-corrected chi connectivity index (χ3v) is 2.17. The van der Waals surface area contributed by atoms with Crippen molar-refractivity contribution in [3.63, 3.8) is 0 Å². The van der Waals surface area contributed by atoms with Crippen LogP contribution in [0.25, 0.3) is 0 Å². The molecule has 0 radical (unpaired) electrons. The third kappa shape index (κ3) is 3.25. The van der Waals surface area contributed by atoms with E-state index in [0.29, 0.717) is 18.7 Å². The average molecular weight is 241 g/mol. The number of nitrogens with zero attached hydrogens (tertiary/aromatic N) is 3. The number of ether oxygens (including phenoxy) is 1. The maximum atomic E-state index is 11.4. The van der Waals surface area contributed by atoms with Crippen LogP contribution >= 0.6 is 0 Å². The van der Waals surface area contributed by atoms with Crippen LogP contribution in [0.2, 0.25) is 0 Å². The first-order valence-electron chi connectivity index (χ1n) is 5.09. The molecule has 8 heteroatoms. The molecule has 0 fully saturated rings. The molecule has 0 atom stereocenters. The Bertz CT molecular complexity index is 415. The smallest absolute Gasteiger partial charge is 0.360 e. The van der Waals surface area contributed by atoms with E-state index in [1.54, 1.807) is 0 Å².